The highest BCUT2D eigenvalue weighted by Gasteiger charge is 2.33. The van der Waals surface area contributed by atoms with Gasteiger partial charge in [0.05, 0.1) is 11.4 Å². The maximum atomic E-state index is 12.7. The molecule has 3 aliphatic heterocycles. The van der Waals surface area contributed by atoms with E-state index in [1.807, 2.05) is 17.0 Å². The van der Waals surface area contributed by atoms with Crippen LogP contribution in [0.4, 0.5) is 5.69 Å². The van der Waals surface area contributed by atoms with Gasteiger partial charge < -0.3 is 10.2 Å². The number of amidine groups is 1. The number of fused-ring (bicyclic) bond motifs is 3. The van der Waals surface area contributed by atoms with E-state index in [1.165, 1.54) is 49.7 Å². The molecular formula is C23H26N4O3S2. The van der Waals surface area contributed by atoms with Crippen LogP contribution in [-0.2, 0) is 23.1 Å². The van der Waals surface area contributed by atoms with Crippen molar-refractivity contribution in [1.29, 1.82) is 0 Å². The Morgan fingerprint density at radius 2 is 1.75 bits per heavy atom. The average molecular weight is 471 g/mol. The second kappa shape index (κ2) is 8.88. The van der Waals surface area contributed by atoms with Gasteiger partial charge in [0.15, 0.2) is 5.17 Å². The highest BCUT2D eigenvalue weighted by molar-refractivity contribution is 8.15. The summed E-state index contributed by atoms with van der Waals surface area (Å²) >= 11 is 1.30. The summed E-state index contributed by atoms with van der Waals surface area (Å²) in [6.45, 7) is 4.20. The summed E-state index contributed by atoms with van der Waals surface area (Å²) in [4.78, 5) is 18.0. The molecule has 2 aromatic rings. The number of benzene rings is 2. The largest absolute Gasteiger partial charge is 0.348 e. The van der Waals surface area contributed by atoms with E-state index in [2.05, 4.69) is 38.9 Å². The van der Waals surface area contributed by atoms with E-state index in [4.69, 9.17) is 0 Å². The first kappa shape index (κ1) is 21.5. The van der Waals surface area contributed by atoms with E-state index in [0.29, 0.717) is 23.8 Å². The predicted molar refractivity (Wildman–Crippen MR) is 128 cm³/mol. The second-order valence-electron chi connectivity index (χ2n) is 8.43. The molecule has 0 radical (unpaired) electrons. The minimum Gasteiger partial charge on any atom is -0.348 e. The van der Waals surface area contributed by atoms with Gasteiger partial charge in [-0.2, -0.15) is 0 Å². The number of likely N-dealkylation sites (tertiary alicyclic amines) is 1. The molecule has 7 nitrogen and oxygen atoms in total. The van der Waals surface area contributed by atoms with Crippen molar-refractivity contribution in [2.24, 2.45) is 4.40 Å². The number of amides is 1. The molecule has 1 fully saturated rings. The zero-order valence-electron chi connectivity index (χ0n) is 17.8. The van der Waals surface area contributed by atoms with E-state index in [9.17, 15) is 13.2 Å². The molecule has 5 rings (SSSR count). The topological polar surface area (TPSA) is 82.1 Å². The van der Waals surface area contributed by atoms with Crippen molar-refractivity contribution in [1.82, 2.24) is 10.2 Å². The number of hydrogen-bond acceptors (Lipinski definition) is 6. The molecule has 1 N–H and O–H groups in total. The van der Waals surface area contributed by atoms with Crippen LogP contribution in [-0.4, -0.2) is 49.8 Å². The van der Waals surface area contributed by atoms with Gasteiger partial charge in [-0.1, -0.05) is 30.7 Å². The molecule has 0 bridgehead atoms. The van der Waals surface area contributed by atoms with Crippen LogP contribution in [0.3, 0.4) is 0 Å². The van der Waals surface area contributed by atoms with Gasteiger partial charge in [-0.15, -0.1) is 4.40 Å². The average Bonchev–Trinajstić information content (AvgIpc) is 3.14. The number of rotatable bonds is 5. The van der Waals surface area contributed by atoms with Crippen molar-refractivity contribution < 1.29 is 13.2 Å². The van der Waals surface area contributed by atoms with Crippen molar-refractivity contribution in [2.45, 2.75) is 37.2 Å². The lowest BCUT2D eigenvalue weighted by Gasteiger charge is -2.26. The number of thioether (sulfide) groups is 1. The van der Waals surface area contributed by atoms with Gasteiger partial charge in [0.2, 0.25) is 0 Å². The molecule has 2 aromatic carbocycles. The Hall–Kier alpha value is -2.36. The fourth-order valence-corrected chi connectivity index (χ4v) is 6.59. The fourth-order valence-electron chi connectivity index (χ4n) is 4.29. The summed E-state index contributed by atoms with van der Waals surface area (Å²) in [5.41, 5.74) is 3.83. The molecule has 0 aromatic heterocycles. The van der Waals surface area contributed by atoms with Crippen molar-refractivity contribution in [2.75, 3.05) is 30.3 Å². The molecule has 0 atom stereocenters. The van der Waals surface area contributed by atoms with Crippen LogP contribution in [0, 0.1) is 0 Å². The summed E-state index contributed by atoms with van der Waals surface area (Å²) < 4.78 is 27.4. The molecule has 32 heavy (non-hydrogen) atoms. The first-order chi connectivity index (χ1) is 15.5. The van der Waals surface area contributed by atoms with E-state index in [1.54, 1.807) is 6.07 Å². The predicted octanol–water partition coefficient (Wildman–Crippen LogP) is 3.21. The molecule has 3 heterocycles. The van der Waals surface area contributed by atoms with Gasteiger partial charge in [-0.3, -0.25) is 9.69 Å². The molecule has 3 aliphatic rings. The molecule has 9 heteroatoms. The van der Waals surface area contributed by atoms with E-state index >= 15 is 0 Å². The number of carbonyl (C=O) groups excluding carboxylic acids is 1. The van der Waals surface area contributed by atoms with Crippen molar-refractivity contribution >= 4 is 38.5 Å². The quantitative estimate of drug-likeness (QED) is 0.723. The summed E-state index contributed by atoms with van der Waals surface area (Å²) in [6, 6.07) is 13.9. The standard InChI is InChI=1S/C23H26N4O3S2/c28-22(24-15-17-4-6-18(7-5-17)16-26-10-2-1-3-11-26)19-8-9-20-21(14-19)31-23-25-32(29,30)13-12-27(20)23/h4-9,14H,1-3,10-13,15-16H2,(H,24,28). The smallest absolute Gasteiger partial charge is 0.257 e. The van der Waals surface area contributed by atoms with Gasteiger partial charge in [0, 0.05) is 30.1 Å². The van der Waals surface area contributed by atoms with Gasteiger partial charge in [0.1, 0.15) is 0 Å². The summed E-state index contributed by atoms with van der Waals surface area (Å²) in [5, 5.41) is 3.45. The third-order valence-corrected chi connectivity index (χ3v) is 8.37. The number of nitrogens with one attached hydrogen (secondary N) is 1. The van der Waals surface area contributed by atoms with Crippen molar-refractivity contribution in [3.8, 4) is 0 Å². The second-order valence-corrected chi connectivity index (χ2v) is 11.2. The van der Waals surface area contributed by atoms with E-state index < -0.39 is 10.0 Å². The first-order valence-corrected chi connectivity index (χ1v) is 13.4. The number of piperidine rings is 1. The normalized spacial score (nSPS) is 19.8. The highest BCUT2D eigenvalue weighted by atomic mass is 32.2. The zero-order chi connectivity index (χ0) is 22.1. The molecule has 1 amide bonds. The van der Waals surface area contributed by atoms with Crippen LogP contribution in [0.5, 0.6) is 0 Å². The summed E-state index contributed by atoms with van der Waals surface area (Å²) in [7, 11) is -3.39. The number of anilines is 1. The molecule has 0 unspecified atom stereocenters. The van der Waals surface area contributed by atoms with Crippen LogP contribution in [0.15, 0.2) is 51.8 Å². The lowest BCUT2D eigenvalue weighted by atomic mass is 10.1. The Labute approximate surface area is 192 Å². The summed E-state index contributed by atoms with van der Waals surface area (Å²) in [6.07, 6.45) is 3.92. The SMILES string of the molecule is O=C(NCc1ccc(CN2CCCCC2)cc1)c1ccc2c(c1)SC1=NS(=O)(=O)CCN12. The van der Waals surface area contributed by atoms with Gasteiger partial charge >= 0.3 is 0 Å². The number of sulfonamides is 1. The minimum absolute atomic E-state index is 0.00948. The summed E-state index contributed by atoms with van der Waals surface area (Å²) in [5.74, 6) is -0.138. The Bertz CT molecular complexity index is 1160. The van der Waals surface area contributed by atoms with Crippen LogP contribution in [0.2, 0.25) is 0 Å². The minimum atomic E-state index is -3.39. The third kappa shape index (κ3) is 4.69. The molecule has 0 spiro atoms. The Balaban J connectivity index is 1.19. The molecule has 1 saturated heterocycles. The lowest BCUT2D eigenvalue weighted by Crippen LogP contribution is -2.35. The third-order valence-electron chi connectivity index (χ3n) is 6.07. The van der Waals surface area contributed by atoms with Crippen molar-refractivity contribution in [3.05, 3.63) is 59.2 Å². The number of nitrogens with zero attached hydrogens (tertiary/aromatic N) is 3. The van der Waals surface area contributed by atoms with Crippen LogP contribution >= 0.6 is 11.8 Å². The maximum Gasteiger partial charge on any atom is 0.257 e. The van der Waals surface area contributed by atoms with Gasteiger partial charge in [-0.05, 0) is 67.0 Å². The Morgan fingerprint density at radius 1 is 1.00 bits per heavy atom. The molecular weight excluding hydrogens is 444 g/mol. The fraction of sp³-hybridized carbons (Fsp3) is 0.391. The Morgan fingerprint density at radius 3 is 2.53 bits per heavy atom. The Kier molecular flexibility index (Phi) is 5.96. The van der Waals surface area contributed by atoms with E-state index in [0.717, 1.165) is 22.7 Å². The molecule has 0 saturated carbocycles. The molecule has 0 aliphatic carbocycles. The zero-order valence-corrected chi connectivity index (χ0v) is 19.4. The molecule has 168 valence electrons. The van der Waals surface area contributed by atoms with Crippen LogP contribution < -0.4 is 10.2 Å². The van der Waals surface area contributed by atoms with Gasteiger partial charge in [0.25, 0.3) is 15.9 Å². The lowest BCUT2D eigenvalue weighted by molar-refractivity contribution is 0.0950. The van der Waals surface area contributed by atoms with Gasteiger partial charge in [-0.25, -0.2) is 8.42 Å². The monoisotopic (exact) mass is 470 g/mol. The van der Waals surface area contributed by atoms with Crippen LogP contribution in [0.25, 0.3) is 0 Å². The highest BCUT2D eigenvalue weighted by Crippen LogP contribution is 2.42. The number of carbonyl (C=O) groups is 1. The maximum absolute atomic E-state index is 12.7. The van der Waals surface area contributed by atoms with Crippen molar-refractivity contribution in [3.63, 3.8) is 0 Å². The number of hydrogen-bond donors (Lipinski definition) is 1. The van der Waals surface area contributed by atoms with E-state index in [-0.39, 0.29) is 11.7 Å². The van der Waals surface area contributed by atoms with Crippen LogP contribution in [0.1, 0.15) is 40.7 Å². The first-order valence-electron chi connectivity index (χ1n) is 11.0.